The molecule has 0 bridgehead atoms. The maximum absolute atomic E-state index is 11.9. The molecule has 0 radical (unpaired) electrons. The number of hydrogen-bond donors (Lipinski definition) is 2. The van der Waals surface area contributed by atoms with Crippen molar-refractivity contribution in [3.8, 4) is 0 Å². The third kappa shape index (κ3) is 2.33. The number of hydrogen-bond acceptors (Lipinski definition) is 2. The smallest absolute Gasteiger partial charge is 0.223 e. The first kappa shape index (κ1) is 10.9. The van der Waals surface area contributed by atoms with Crippen molar-refractivity contribution in [1.29, 1.82) is 0 Å². The monoisotopic (exact) mass is 210 g/mol. The maximum atomic E-state index is 11.9. The summed E-state index contributed by atoms with van der Waals surface area (Å²) in [7, 11) is 0. The minimum atomic E-state index is -0.0718. The number of nitrogens with one attached hydrogen (secondary N) is 1. The van der Waals surface area contributed by atoms with Gasteiger partial charge in [0, 0.05) is 12.5 Å². The highest BCUT2D eigenvalue weighted by Gasteiger charge is 2.42. The molecule has 2 unspecified atom stereocenters. The standard InChI is InChI=1S/C12H22N2O/c1-9-7-10(9)11(15)14-12(8-13)5-3-2-4-6-12/h9-10H,2-8,13H2,1H3,(H,14,15). The molecule has 0 aliphatic heterocycles. The average molecular weight is 210 g/mol. The Kier molecular flexibility index (Phi) is 3.01. The highest BCUT2D eigenvalue weighted by atomic mass is 16.2. The molecule has 2 fully saturated rings. The van der Waals surface area contributed by atoms with Crippen molar-refractivity contribution >= 4 is 5.91 Å². The molecule has 0 saturated heterocycles. The summed E-state index contributed by atoms with van der Waals surface area (Å²) in [5.41, 5.74) is 5.76. The molecule has 3 heteroatoms. The second kappa shape index (κ2) is 4.12. The van der Waals surface area contributed by atoms with Crippen molar-refractivity contribution in [1.82, 2.24) is 5.32 Å². The predicted molar refractivity (Wildman–Crippen MR) is 60.3 cm³/mol. The topological polar surface area (TPSA) is 55.1 Å². The summed E-state index contributed by atoms with van der Waals surface area (Å²) in [5, 5.41) is 3.21. The van der Waals surface area contributed by atoms with Gasteiger partial charge in [-0.2, -0.15) is 0 Å². The lowest BCUT2D eigenvalue weighted by Gasteiger charge is -2.37. The number of nitrogens with two attached hydrogens (primary N) is 1. The Hall–Kier alpha value is -0.570. The van der Waals surface area contributed by atoms with Gasteiger partial charge in [0.1, 0.15) is 0 Å². The van der Waals surface area contributed by atoms with E-state index in [4.69, 9.17) is 5.73 Å². The van der Waals surface area contributed by atoms with Crippen LogP contribution in [0.1, 0.15) is 45.4 Å². The van der Waals surface area contributed by atoms with Crippen molar-refractivity contribution in [3.05, 3.63) is 0 Å². The zero-order chi connectivity index (χ0) is 10.9. The second-order valence-electron chi connectivity index (χ2n) is 5.35. The summed E-state index contributed by atoms with van der Waals surface area (Å²) in [4.78, 5) is 11.9. The van der Waals surface area contributed by atoms with Gasteiger partial charge in [-0.1, -0.05) is 26.2 Å². The maximum Gasteiger partial charge on any atom is 0.223 e. The van der Waals surface area contributed by atoms with Crippen molar-refractivity contribution in [2.24, 2.45) is 17.6 Å². The highest BCUT2D eigenvalue weighted by molar-refractivity contribution is 5.82. The molecular formula is C12H22N2O. The molecule has 0 heterocycles. The van der Waals surface area contributed by atoms with Crippen molar-refractivity contribution < 1.29 is 4.79 Å². The van der Waals surface area contributed by atoms with Crippen molar-refractivity contribution in [2.75, 3.05) is 6.54 Å². The Morgan fingerprint density at radius 3 is 2.47 bits per heavy atom. The van der Waals surface area contributed by atoms with E-state index in [9.17, 15) is 4.79 Å². The number of amides is 1. The zero-order valence-corrected chi connectivity index (χ0v) is 9.59. The fraction of sp³-hybridized carbons (Fsp3) is 0.917. The minimum absolute atomic E-state index is 0.0718. The average Bonchev–Trinajstić information content (AvgIpc) is 2.97. The van der Waals surface area contributed by atoms with Crippen LogP contribution in [-0.4, -0.2) is 18.0 Å². The Morgan fingerprint density at radius 2 is 2.00 bits per heavy atom. The first-order valence-electron chi connectivity index (χ1n) is 6.19. The van der Waals surface area contributed by atoms with Gasteiger partial charge in [0.25, 0.3) is 0 Å². The van der Waals surface area contributed by atoms with E-state index >= 15 is 0 Å². The molecule has 0 spiro atoms. The van der Waals surface area contributed by atoms with Crippen LogP contribution in [0.25, 0.3) is 0 Å². The molecule has 2 atom stereocenters. The van der Waals surface area contributed by atoms with E-state index in [2.05, 4.69) is 12.2 Å². The molecule has 0 aromatic rings. The van der Waals surface area contributed by atoms with Crippen LogP contribution >= 0.6 is 0 Å². The fourth-order valence-corrected chi connectivity index (χ4v) is 2.65. The minimum Gasteiger partial charge on any atom is -0.349 e. The number of rotatable bonds is 3. The Morgan fingerprint density at radius 1 is 1.40 bits per heavy atom. The zero-order valence-electron chi connectivity index (χ0n) is 9.59. The van der Waals surface area contributed by atoms with Gasteiger partial charge >= 0.3 is 0 Å². The lowest BCUT2D eigenvalue weighted by Crippen LogP contribution is -2.55. The fourth-order valence-electron chi connectivity index (χ4n) is 2.65. The second-order valence-corrected chi connectivity index (χ2v) is 5.35. The lowest BCUT2D eigenvalue weighted by molar-refractivity contribution is -0.124. The summed E-state index contributed by atoms with van der Waals surface area (Å²) in [6, 6.07) is 0. The molecule has 15 heavy (non-hydrogen) atoms. The van der Waals surface area contributed by atoms with E-state index in [0.29, 0.717) is 12.5 Å². The number of carbonyl (C=O) groups excluding carboxylic acids is 1. The molecule has 0 aromatic heterocycles. The summed E-state index contributed by atoms with van der Waals surface area (Å²) in [5.74, 6) is 1.11. The first-order valence-corrected chi connectivity index (χ1v) is 6.19. The molecule has 3 N–H and O–H groups in total. The van der Waals surface area contributed by atoms with Gasteiger partial charge in [0.2, 0.25) is 5.91 Å². The summed E-state index contributed by atoms with van der Waals surface area (Å²) >= 11 is 0. The molecule has 2 aliphatic carbocycles. The predicted octanol–water partition coefficient (Wildman–Crippen LogP) is 1.42. The summed E-state index contributed by atoms with van der Waals surface area (Å²) < 4.78 is 0. The van der Waals surface area contributed by atoms with E-state index in [1.54, 1.807) is 0 Å². The van der Waals surface area contributed by atoms with Gasteiger partial charge in [-0.3, -0.25) is 4.79 Å². The van der Waals surface area contributed by atoms with E-state index in [0.717, 1.165) is 19.3 Å². The largest absolute Gasteiger partial charge is 0.349 e. The number of carbonyl (C=O) groups is 1. The Labute approximate surface area is 91.8 Å². The van der Waals surface area contributed by atoms with Crippen LogP contribution in [0, 0.1) is 11.8 Å². The van der Waals surface area contributed by atoms with Gasteiger partial charge in [0.15, 0.2) is 0 Å². The first-order chi connectivity index (χ1) is 7.17. The van der Waals surface area contributed by atoms with Crippen LogP contribution in [0.3, 0.4) is 0 Å². The molecule has 2 aliphatic rings. The van der Waals surface area contributed by atoms with Crippen LogP contribution in [0.4, 0.5) is 0 Å². The summed E-state index contributed by atoms with van der Waals surface area (Å²) in [6.45, 7) is 2.74. The molecule has 2 rings (SSSR count). The van der Waals surface area contributed by atoms with E-state index in [1.165, 1.54) is 19.3 Å². The van der Waals surface area contributed by atoms with Gasteiger partial charge < -0.3 is 11.1 Å². The Bertz CT molecular complexity index is 246. The SMILES string of the molecule is CC1CC1C(=O)NC1(CN)CCCCC1. The molecule has 2 saturated carbocycles. The van der Waals surface area contributed by atoms with Gasteiger partial charge in [-0.05, 0) is 25.2 Å². The van der Waals surface area contributed by atoms with Gasteiger partial charge in [-0.15, -0.1) is 0 Å². The molecule has 1 amide bonds. The van der Waals surface area contributed by atoms with Crippen LogP contribution in [0.15, 0.2) is 0 Å². The van der Waals surface area contributed by atoms with Crippen molar-refractivity contribution in [2.45, 2.75) is 51.0 Å². The van der Waals surface area contributed by atoms with Gasteiger partial charge in [0.05, 0.1) is 5.54 Å². The molecular weight excluding hydrogens is 188 g/mol. The lowest BCUT2D eigenvalue weighted by atomic mass is 9.81. The van der Waals surface area contributed by atoms with E-state index < -0.39 is 0 Å². The third-order valence-corrected chi connectivity index (χ3v) is 4.04. The van der Waals surface area contributed by atoms with Crippen LogP contribution in [-0.2, 0) is 4.79 Å². The molecule has 0 aromatic carbocycles. The van der Waals surface area contributed by atoms with Crippen molar-refractivity contribution in [3.63, 3.8) is 0 Å². The molecule has 86 valence electrons. The van der Waals surface area contributed by atoms with Crippen LogP contribution < -0.4 is 11.1 Å². The van der Waals surface area contributed by atoms with E-state index in [1.807, 2.05) is 0 Å². The quantitative estimate of drug-likeness (QED) is 0.740. The van der Waals surface area contributed by atoms with Gasteiger partial charge in [-0.25, -0.2) is 0 Å². The van der Waals surface area contributed by atoms with E-state index in [-0.39, 0.29) is 17.4 Å². The molecule has 3 nitrogen and oxygen atoms in total. The Balaban J connectivity index is 1.91. The van der Waals surface area contributed by atoms with Crippen LogP contribution in [0.5, 0.6) is 0 Å². The third-order valence-electron chi connectivity index (χ3n) is 4.04. The normalized spacial score (nSPS) is 33.5. The van der Waals surface area contributed by atoms with Crippen LogP contribution in [0.2, 0.25) is 0 Å². The summed E-state index contributed by atoms with van der Waals surface area (Å²) in [6.07, 6.45) is 6.89. The highest BCUT2D eigenvalue weighted by Crippen LogP contribution is 2.39.